The molecule has 104 valence electrons. The van der Waals surface area contributed by atoms with E-state index in [1.54, 1.807) is 24.3 Å². The lowest BCUT2D eigenvalue weighted by molar-refractivity contribution is 0.407. The molecule has 1 aromatic carbocycles. The zero-order valence-corrected chi connectivity index (χ0v) is 10.9. The Morgan fingerprint density at radius 2 is 2.10 bits per heavy atom. The molecule has 2 aromatic heterocycles. The van der Waals surface area contributed by atoms with E-state index in [0.717, 1.165) is 0 Å². The van der Waals surface area contributed by atoms with Gasteiger partial charge in [0.2, 0.25) is 0 Å². The van der Waals surface area contributed by atoms with E-state index < -0.39 is 11.2 Å². The van der Waals surface area contributed by atoms with Crippen molar-refractivity contribution in [2.24, 2.45) is 0 Å². The highest BCUT2D eigenvalue weighted by Gasteiger charge is 2.18. The van der Waals surface area contributed by atoms with Gasteiger partial charge in [-0.05, 0) is 6.07 Å². The summed E-state index contributed by atoms with van der Waals surface area (Å²) in [5, 5.41) is 9.77. The van der Waals surface area contributed by atoms with Crippen molar-refractivity contribution in [2.45, 2.75) is 0 Å². The highest BCUT2D eigenvalue weighted by atomic mass is 16.5. The first-order chi connectivity index (χ1) is 10.1. The number of hydrogen-bond acceptors (Lipinski definition) is 6. The summed E-state index contributed by atoms with van der Waals surface area (Å²) in [6.07, 6.45) is 0. The van der Waals surface area contributed by atoms with Crippen LogP contribution in [0.5, 0.6) is 5.75 Å². The zero-order chi connectivity index (χ0) is 15.1. The Balaban J connectivity index is 2.77. The van der Waals surface area contributed by atoms with E-state index in [1.807, 2.05) is 0 Å². The highest BCUT2D eigenvalue weighted by molar-refractivity contribution is 6.11. The highest BCUT2D eigenvalue weighted by Crippen LogP contribution is 2.31. The van der Waals surface area contributed by atoms with Crippen molar-refractivity contribution < 1.29 is 9.15 Å². The molecule has 0 atom stereocenters. The summed E-state index contributed by atoms with van der Waals surface area (Å²) in [4.78, 5) is 26.3. The van der Waals surface area contributed by atoms with Gasteiger partial charge in [-0.3, -0.25) is 4.79 Å². The second-order valence-electron chi connectivity index (χ2n) is 4.33. The molecule has 3 rings (SSSR count). The van der Waals surface area contributed by atoms with Crippen LogP contribution in [-0.2, 0) is 0 Å². The van der Waals surface area contributed by atoms with Gasteiger partial charge in [0.15, 0.2) is 11.3 Å². The summed E-state index contributed by atoms with van der Waals surface area (Å²) in [6.45, 7) is 0. The van der Waals surface area contributed by atoms with Crippen LogP contribution in [0.4, 0.5) is 5.82 Å². The largest absolute Gasteiger partial charge is 0.493 e. The van der Waals surface area contributed by atoms with Crippen molar-refractivity contribution in [2.75, 3.05) is 12.8 Å². The summed E-state index contributed by atoms with van der Waals surface area (Å²) in [5.74, 6) is 0.196. The van der Waals surface area contributed by atoms with Crippen LogP contribution in [0, 0.1) is 11.3 Å². The first kappa shape index (κ1) is 12.7. The number of methoxy groups -OCH3 is 1. The normalized spacial score (nSPS) is 10.7. The molecule has 0 saturated heterocycles. The molecule has 0 aliphatic carbocycles. The van der Waals surface area contributed by atoms with Gasteiger partial charge in [0.1, 0.15) is 22.8 Å². The standard InChI is InChI=1S/C14H9N3O4/c1-20-8-4-2-3-6-9-7(5-15)13(18)17-12(16)10(9)14(19)21-11(6)8/h2-4H,1H3,(H3,16,17,18). The molecular weight excluding hydrogens is 274 g/mol. The first-order valence-corrected chi connectivity index (χ1v) is 5.94. The van der Waals surface area contributed by atoms with Crippen molar-refractivity contribution in [3.8, 4) is 11.8 Å². The summed E-state index contributed by atoms with van der Waals surface area (Å²) < 4.78 is 10.4. The maximum Gasteiger partial charge on any atom is 0.348 e. The summed E-state index contributed by atoms with van der Waals surface area (Å²) in [7, 11) is 1.43. The third-order valence-electron chi connectivity index (χ3n) is 3.22. The van der Waals surface area contributed by atoms with Crippen LogP contribution in [0.3, 0.4) is 0 Å². The van der Waals surface area contributed by atoms with Gasteiger partial charge >= 0.3 is 5.63 Å². The number of aromatic amines is 1. The number of ether oxygens (including phenoxy) is 1. The lowest BCUT2D eigenvalue weighted by atomic mass is 10.0. The van der Waals surface area contributed by atoms with Gasteiger partial charge in [0.05, 0.1) is 7.11 Å². The number of aromatic nitrogens is 1. The fourth-order valence-electron chi connectivity index (χ4n) is 2.33. The Hall–Kier alpha value is -3.27. The van der Waals surface area contributed by atoms with E-state index in [2.05, 4.69) is 4.98 Å². The molecule has 0 saturated carbocycles. The Kier molecular flexibility index (Phi) is 2.66. The van der Waals surface area contributed by atoms with Gasteiger partial charge in [-0.1, -0.05) is 12.1 Å². The van der Waals surface area contributed by atoms with E-state index in [4.69, 9.17) is 14.9 Å². The molecule has 0 unspecified atom stereocenters. The van der Waals surface area contributed by atoms with Crippen molar-refractivity contribution in [1.82, 2.24) is 4.98 Å². The molecule has 2 heterocycles. The summed E-state index contributed by atoms with van der Waals surface area (Å²) in [5.41, 5.74) is 4.26. The van der Waals surface area contributed by atoms with Crippen molar-refractivity contribution in [1.29, 1.82) is 5.26 Å². The van der Waals surface area contributed by atoms with E-state index >= 15 is 0 Å². The lowest BCUT2D eigenvalue weighted by Crippen LogP contribution is -2.17. The van der Waals surface area contributed by atoms with Crippen LogP contribution in [0.2, 0.25) is 0 Å². The van der Waals surface area contributed by atoms with Crippen LogP contribution < -0.4 is 21.7 Å². The molecule has 0 bridgehead atoms. The smallest absolute Gasteiger partial charge is 0.348 e. The maximum atomic E-state index is 12.1. The van der Waals surface area contributed by atoms with E-state index in [1.165, 1.54) is 7.11 Å². The molecule has 0 fully saturated rings. The summed E-state index contributed by atoms with van der Waals surface area (Å²) >= 11 is 0. The number of pyridine rings is 1. The van der Waals surface area contributed by atoms with Gasteiger partial charge in [0.25, 0.3) is 5.56 Å². The topological polar surface area (TPSA) is 122 Å². The molecule has 7 heteroatoms. The first-order valence-electron chi connectivity index (χ1n) is 5.94. The number of nitrogens with one attached hydrogen (secondary N) is 1. The quantitative estimate of drug-likeness (QED) is 0.509. The maximum absolute atomic E-state index is 12.1. The fraction of sp³-hybridized carbons (Fsp3) is 0.0714. The predicted octanol–water partition coefficient (Wildman–Crippen LogP) is 1.10. The van der Waals surface area contributed by atoms with Crippen molar-refractivity contribution in [3.05, 3.63) is 44.5 Å². The third-order valence-corrected chi connectivity index (χ3v) is 3.22. The number of H-pyrrole nitrogens is 1. The number of nitrogens with zero attached hydrogens (tertiary/aromatic N) is 1. The minimum Gasteiger partial charge on any atom is -0.493 e. The van der Waals surface area contributed by atoms with Crippen molar-refractivity contribution in [3.63, 3.8) is 0 Å². The average molecular weight is 283 g/mol. The molecule has 3 aromatic rings. The Labute approximate surface area is 117 Å². The minimum absolute atomic E-state index is 0.0214. The Morgan fingerprint density at radius 3 is 2.76 bits per heavy atom. The minimum atomic E-state index is -0.743. The van der Waals surface area contributed by atoms with E-state index in [9.17, 15) is 14.9 Å². The molecular formula is C14H9N3O4. The second-order valence-corrected chi connectivity index (χ2v) is 4.33. The SMILES string of the molecule is COc1cccc2c1oc(=O)c1c(N)[nH]c(=O)c(C#N)c12. The number of fused-ring (bicyclic) bond motifs is 3. The van der Waals surface area contributed by atoms with Gasteiger partial charge in [-0.15, -0.1) is 0 Å². The Bertz CT molecular complexity index is 1040. The molecule has 7 nitrogen and oxygen atoms in total. The third kappa shape index (κ3) is 1.66. The Morgan fingerprint density at radius 1 is 1.33 bits per heavy atom. The zero-order valence-electron chi connectivity index (χ0n) is 10.9. The fourth-order valence-corrected chi connectivity index (χ4v) is 2.33. The van der Waals surface area contributed by atoms with Crippen LogP contribution in [0.1, 0.15) is 5.56 Å². The van der Waals surface area contributed by atoms with Crippen LogP contribution in [0.15, 0.2) is 32.2 Å². The van der Waals surface area contributed by atoms with E-state index in [-0.39, 0.29) is 27.7 Å². The number of para-hydroxylation sites is 1. The number of nitrogens with two attached hydrogens (primary N) is 1. The number of nitrogen functional groups attached to an aromatic ring is 1. The number of anilines is 1. The molecule has 0 amide bonds. The molecule has 0 radical (unpaired) electrons. The molecule has 0 aliphatic rings. The van der Waals surface area contributed by atoms with Crippen LogP contribution >= 0.6 is 0 Å². The number of nitriles is 1. The molecule has 3 N–H and O–H groups in total. The molecule has 0 aliphatic heterocycles. The van der Waals surface area contributed by atoms with Gasteiger partial charge in [-0.25, -0.2) is 4.79 Å². The monoisotopic (exact) mass is 283 g/mol. The average Bonchev–Trinajstić information content (AvgIpc) is 2.46. The van der Waals surface area contributed by atoms with Gasteiger partial charge in [0, 0.05) is 10.8 Å². The van der Waals surface area contributed by atoms with E-state index in [0.29, 0.717) is 11.1 Å². The van der Waals surface area contributed by atoms with Crippen LogP contribution in [-0.4, -0.2) is 12.1 Å². The lowest BCUT2D eigenvalue weighted by Gasteiger charge is -2.08. The molecule has 0 spiro atoms. The predicted molar refractivity (Wildman–Crippen MR) is 76.3 cm³/mol. The van der Waals surface area contributed by atoms with Gasteiger partial charge in [-0.2, -0.15) is 5.26 Å². The number of rotatable bonds is 1. The summed E-state index contributed by atoms with van der Waals surface area (Å²) in [6, 6.07) is 6.71. The number of benzene rings is 1. The number of hydrogen-bond donors (Lipinski definition) is 2. The van der Waals surface area contributed by atoms with Crippen molar-refractivity contribution >= 4 is 27.6 Å². The van der Waals surface area contributed by atoms with Crippen LogP contribution in [0.25, 0.3) is 21.7 Å². The second kappa shape index (κ2) is 4.38. The molecule has 21 heavy (non-hydrogen) atoms. The van der Waals surface area contributed by atoms with Gasteiger partial charge < -0.3 is 19.9 Å².